The molecule has 1 unspecified atom stereocenters. The number of hydrogen-bond donors (Lipinski definition) is 2. The standard InChI is InChI=1S/C22H20ClN5O2/c1-30-15-5-2-13(3-6-15)22-21-17(24-12-25-21)8-9-28(22)20(29)11-19-26-16-7-4-14(23)10-18(16)27-19/h2-7,10,12,22H,8-9,11H2,1H3,(H,24,25)(H,26,27). The van der Waals surface area contributed by atoms with Gasteiger partial charge in [0.05, 0.1) is 36.6 Å². The van der Waals surface area contributed by atoms with Gasteiger partial charge in [-0.15, -0.1) is 0 Å². The van der Waals surface area contributed by atoms with Gasteiger partial charge in [0.15, 0.2) is 0 Å². The van der Waals surface area contributed by atoms with Crippen molar-refractivity contribution >= 4 is 28.5 Å². The maximum absolute atomic E-state index is 13.3. The van der Waals surface area contributed by atoms with E-state index in [1.807, 2.05) is 41.3 Å². The number of rotatable bonds is 4. The molecule has 4 aromatic rings. The van der Waals surface area contributed by atoms with Crippen LogP contribution in [0.5, 0.6) is 5.75 Å². The number of nitrogens with one attached hydrogen (secondary N) is 2. The Hall–Kier alpha value is -3.32. The highest BCUT2D eigenvalue weighted by atomic mass is 35.5. The fraction of sp³-hybridized carbons (Fsp3) is 0.227. The molecule has 1 atom stereocenters. The monoisotopic (exact) mass is 421 g/mol. The maximum Gasteiger partial charge on any atom is 0.231 e. The molecule has 1 aliphatic rings. The van der Waals surface area contributed by atoms with Crippen LogP contribution in [-0.2, 0) is 17.6 Å². The summed E-state index contributed by atoms with van der Waals surface area (Å²) >= 11 is 6.06. The summed E-state index contributed by atoms with van der Waals surface area (Å²) in [6, 6.07) is 13.0. The van der Waals surface area contributed by atoms with E-state index in [1.54, 1.807) is 19.5 Å². The number of aromatic amines is 2. The summed E-state index contributed by atoms with van der Waals surface area (Å²) in [5.41, 5.74) is 4.57. The molecule has 30 heavy (non-hydrogen) atoms. The van der Waals surface area contributed by atoms with E-state index in [2.05, 4.69) is 19.9 Å². The predicted molar refractivity (Wildman–Crippen MR) is 114 cm³/mol. The molecule has 0 aliphatic carbocycles. The number of hydrogen-bond acceptors (Lipinski definition) is 4. The summed E-state index contributed by atoms with van der Waals surface area (Å²) in [5.74, 6) is 1.39. The second-order valence-electron chi connectivity index (χ2n) is 7.30. The number of ether oxygens (including phenoxy) is 1. The van der Waals surface area contributed by atoms with E-state index < -0.39 is 0 Å². The van der Waals surface area contributed by atoms with Crippen molar-refractivity contribution in [3.05, 3.63) is 76.6 Å². The minimum Gasteiger partial charge on any atom is -0.497 e. The molecule has 5 rings (SSSR count). The molecule has 2 aromatic carbocycles. The maximum atomic E-state index is 13.3. The topological polar surface area (TPSA) is 86.9 Å². The first-order valence-corrected chi connectivity index (χ1v) is 10.1. The number of carbonyl (C=O) groups is 1. The molecule has 2 aromatic heterocycles. The third kappa shape index (κ3) is 3.31. The van der Waals surface area contributed by atoms with E-state index in [1.165, 1.54) is 0 Å². The number of fused-ring (bicyclic) bond motifs is 2. The largest absolute Gasteiger partial charge is 0.497 e. The molecular formula is C22H20ClN5O2. The van der Waals surface area contributed by atoms with E-state index in [-0.39, 0.29) is 18.4 Å². The van der Waals surface area contributed by atoms with Gasteiger partial charge in [-0.25, -0.2) is 9.97 Å². The van der Waals surface area contributed by atoms with Gasteiger partial charge < -0.3 is 19.6 Å². The highest BCUT2D eigenvalue weighted by molar-refractivity contribution is 6.31. The van der Waals surface area contributed by atoms with Crippen LogP contribution in [0.3, 0.4) is 0 Å². The van der Waals surface area contributed by atoms with Crippen molar-refractivity contribution in [2.75, 3.05) is 13.7 Å². The van der Waals surface area contributed by atoms with Gasteiger partial charge in [0.25, 0.3) is 0 Å². The Morgan fingerprint density at radius 2 is 2.10 bits per heavy atom. The number of aromatic nitrogens is 4. The SMILES string of the molecule is COc1ccc(C2c3nc[nH]c3CCN2C(=O)Cc2nc3ccc(Cl)cc3[nH]2)cc1. The van der Waals surface area contributed by atoms with Crippen molar-refractivity contribution < 1.29 is 9.53 Å². The number of imidazole rings is 2. The smallest absolute Gasteiger partial charge is 0.231 e. The quantitative estimate of drug-likeness (QED) is 0.526. The van der Waals surface area contributed by atoms with Crippen LogP contribution in [0.25, 0.3) is 11.0 Å². The fourth-order valence-electron chi connectivity index (χ4n) is 4.03. The summed E-state index contributed by atoms with van der Waals surface area (Å²) in [5, 5.41) is 0.630. The third-order valence-corrected chi connectivity index (χ3v) is 5.72. The lowest BCUT2D eigenvalue weighted by molar-refractivity contribution is -0.132. The highest BCUT2D eigenvalue weighted by Crippen LogP contribution is 2.34. The zero-order valence-corrected chi connectivity index (χ0v) is 17.1. The van der Waals surface area contributed by atoms with Crippen LogP contribution >= 0.6 is 11.6 Å². The van der Waals surface area contributed by atoms with Crippen molar-refractivity contribution in [3.8, 4) is 5.75 Å². The molecule has 2 N–H and O–H groups in total. The summed E-state index contributed by atoms with van der Waals surface area (Å²) in [7, 11) is 1.64. The van der Waals surface area contributed by atoms with Gasteiger partial charge in [0.2, 0.25) is 5.91 Å². The summed E-state index contributed by atoms with van der Waals surface area (Å²) < 4.78 is 5.28. The Balaban J connectivity index is 1.46. The second kappa shape index (κ2) is 7.50. The van der Waals surface area contributed by atoms with Gasteiger partial charge >= 0.3 is 0 Å². The lowest BCUT2D eigenvalue weighted by atomic mass is 9.95. The minimum atomic E-state index is -0.253. The lowest BCUT2D eigenvalue weighted by Gasteiger charge is -2.35. The zero-order valence-electron chi connectivity index (χ0n) is 16.4. The molecule has 0 fully saturated rings. The van der Waals surface area contributed by atoms with Crippen molar-refractivity contribution in [2.45, 2.75) is 18.9 Å². The van der Waals surface area contributed by atoms with Crippen LogP contribution in [-0.4, -0.2) is 44.4 Å². The van der Waals surface area contributed by atoms with Crippen molar-refractivity contribution in [2.24, 2.45) is 0 Å². The predicted octanol–water partition coefficient (Wildman–Crippen LogP) is 3.66. The Labute approximate surface area is 178 Å². The van der Waals surface area contributed by atoms with Gasteiger partial charge in [0.1, 0.15) is 17.6 Å². The summed E-state index contributed by atoms with van der Waals surface area (Å²) in [6.07, 6.45) is 2.61. The van der Waals surface area contributed by atoms with Crippen LogP contribution in [0, 0.1) is 0 Å². The first-order valence-electron chi connectivity index (χ1n) is 9.72. The van der Waals surface area contributed by atoms with Gasteiger partial charge in [-0.1, -0.05) is 23.7 Å². The molecule has 7 nitrogen and oxygen atoms in total. The average molecular weight is 422 g/mol. The molecule has 0 bridgehead atoms. The van der Waals surface area contributed by atoms with Crippen LogP contribution in [0.1, 0.15) is 28.8 Å². The molecule has 0 radical (unpaired) electrons. The normalized spacial score (nSPS) is 15.9. The van der Waals surface area contributed by atoms with Gasteiger partial charge in [-0.05, 0) is 35.9 Å². The molecule has 152 valence electrons. The van der Waals surface area contributed by atoms with E-state index >= 15 is 0 Å². The minimum absolute atomic E-state index is 0.00498. The van der Waals surface area contributed by atoms with Gasteiger partial charge in [-0.2, -0.15) is 0 Å². The Kier molecular flexibility index (Phi) is 4.67. The molecule has 0 saturated carbocycles. The number of H-pyrrole nitrogens is 2. The highest BCUT2D eigenvalue weighted by Gasteiger charge is 2.34. The molecular weight excluding hydrogens is 402 g/mol. The van der Waals surface area contributed by atoms with Crippen molar-refractivity contribution in [1.29, 1.82) is 0 Å². The first-order chi connectivity index (χ1) is 14.6. The lowest BCUT2D eigenvalue weighted by Crippen LogP contribution is -2.41. The van der Waals surface area contributed by atoms with Crippen molar-refractivity contribution in [1.82, 2.24) is 24.8 Å². The molecule has 0 spiro atoms. The molecule has 8 heteroatoms. The molecule has 0 saturated heterocycles. The van der Waals surface area contributed by atoms with Crippen LogP contribution in [0.2, 0.25) is 5.02 Å². The van der Waals surface area contributed by atoms with E-state index in [0.717, 1.165) is 40.2 Å². The molecule has 1 amide bonds. The number of amides is 1. The number of carbonyl (C=O) groups excluding carboxylic acids is 1. The number of methoxy groups -OCH3 is 1. The second-order valence-corrected chi connectivity index (χ2v) is 7.74. The summed E-state index contributed by atoms with van der Waals surface area (Å²) in [6.45, 7) is 0.608. The fourth-order valence-corrected chi connectivity index (χ4v) is 4.20. The average Bonchev–Trinajstić information content (AvgIpc) is 3.39. The van der Waals surface area contributed by atoms with E-state index in [4.69, 9.17) is 16.3 Å². The van der Waals surface area contributed by atoms with Crippen LogP contribution in [0.4, 0.5) is 0 Å². The Morgan fingerprint density at radius 1 is 1.27 bits per heavy atom. The Morgan fingerprint density at radius 3 is 2.90 bits per heavy atom. The summed E-state index contributed by atoms with van der Waals surface area (Å²) in [4.78, 5) is 30.7. The molecule has 3 heterocycles. The number of benzene rings is 2. The third-order valence-electron chi connectivity index (χ3n) is 5.49. The zero-order chi connectivity index (χ0) is 20.7. The first kappa shape index (κ1) is 18.7. The van der Waals surface area contributed by atoms with Gasteiger partial charge in [-0.3, -0.25) is 4.79 Å². The van der Waals surface area contributed by atoms with Gasteiger partial charge in [0, 0.05) is 23.7 Å². The van der Waals surface area contributed by atoms with Crippen LogP contribution in [0.15, 0.2) is 48.8 Å². The number of halogens is 1. The van der Waals surface area contributed by atoms with E-state index in [0.29, 0.717) is 17.4 Å². The molecule has 1 aliphatic heterocycles. The Bertz CT molecular complexity index is 1210. The van der Waals surface area contributed by atoms with Crippen molar-refractivity contribution in [3.63, 3.8) is 0 Å². The van der Waals surface area contributed by atoms with E-state index in [9.17, 15) is 4.79 Å². The van der Waals surface area contributed by atoms with Crippen LogP contribution < -0.4 is 4.74 Å². The number of nitrogens with zero attached hydrogens (tertiary/aromatic N) is 3.